The number of Topliss-reactive ketones (excluding diaryl/α,β-unsaturated/α-hetero) is 1. The van der Waals surface area contributed by atoms with Crippen molar-refractivity contribution in [2.24, 2.45) is 0 Å². The maximum absolute atomic E-state index is 13.8. The summed E-state index contributed by atoms with van der Waals surface area (Å²) in [6.07, 6.45) is 2.39. The molecule has 0 bridgehead atoms. The summed E-state index contributed by atoms with van der Waals surface area (Å²) in [4.78, 5) is 18.2. The Kier molecular flexibility index (Phi) is 6.17. The number of anilines is 1. The lowest BCUT2D eigenvalue weighted by Crippen LogP contribution is -2.33. The van der Waals surface area contributed by atoms with Gasteiger partial charge in [-0.15, -0.1) is 0 Å². The number of aromatic nitrogens is 3. The topological polar surface area (TPSA) is 106 Å². The van der Waals surface area contributed by atoms with Gasteiger partial charge in [0.1, 0.15) is 23.9 Å². The van der Waals surface area contributed by atoms with Crippen LogP contribution in [0.3, 0.4) is 0 Å². The second kappa shape index (κ2) is 9.44. The molecule has 0 spiro atoms. The highest BCUT2D eigenvalue weighted by Gasteiger charge is 2.40. The molecule has 1 aliphatic heterocycles. The van der Waals surface area contributed by atoms with Gasteiger partial charge in [0.05, 0.1) is 35.5 Å². The van der Waals surface area contributed by atoms with Crippen molar-refractivity contribution < 1.29 is 28.5 Å². The van der Waals surface area contributed by atoms with Gasteiger partial charge in [-0.2, -0.15) is 10.1 Å². The van der Waals surface area contributed by atoms with E-state index in [1.54, 1.807) is 46.3 Å². The number of ether oxygens (including phenoxy) is 5. The number of ketones is 1. The van der Waals surface area contributed by atoms with Gasteiger partial charge in [0.25, 0.3) is 0 Å². The lowest BCUT2D eigenvalue weighted by Gasteiger charge is -2.35. The zero-order valence-electron chi connectivity index (χ0n) is 20.8. The highest BCUT2D eigenvalue weighted by Crippen LogP contribution is 2.48. The van der Waals surface area contributed by atoms with Crippen LogP contribution in [0, 0.1) is 0 Å². The third-order valence-electron chi connectivity index (χ3n) is 6.76. The van der Waals surface area contributed by atoms with Crippen LogP contribution in [0.4, 0.5) is 5.95 Å². The predicted molar refractivity (Wildman–Crippen MR) is 131 cm³/mol. The third-order valence-corrected chi connectivity index (χ3v) is 6.76. The quantitative estimate of drug-likeness (QED) is 0.528. The van der Waals surface area contributed by atoms with Crippen LogP contribution in [0.15, 0.2) is 47.9 Å². The van der Waals surface area contributed by atoms with Crippen molar-refractivity contribution in [3.63, 3.8) is 0 Å². The zero-order chi connectivity index (χ0) is 25.4. The first kappa shape index (κ1) is 23.5. The molecule has 2 heterocycles. The Hall–Kier alpha value is -4.21. The van der Waals surface area contributed by atoms with Gasteiger partial charge in [0.15, 0.2) is 17.3 Å². The first-order chi connectivity index (χ1) is 17.5. The number of nitrogens with zero attached hydrogens (tertiary/aromatic N) is 3. The second-order valence-corrected chi connectivity index (χ2v) is 8.54. The molecule has 2 aromatic carbocycles. The number of benzene rings is 2. The zero-order valence-corrected chi connectivity index (χ0v) is 20.8. The Balaban J connectivity index is 1.59. The van der Waals surface area contributed by atoms with Crippen molar-refractivity contribution in [1.29, 1.82) is 0 Å². The Labute approximate surface area is 208 Å². The van der Waals surface area contributed by atoms with E-state index in [0.29, 0.717) is 53.1 Å². The van der Waals surface area contributed by atoms with Crippen molar-refractivity contribution in [2.75, 3.05) is 40.9 Å². The van der Waals surface area contributed by atoms with E-state index in [1.807, 2.05) is 24.3 Å². The SMILES string of the molecule is COc1ccc([C@H]2C3=C(C[C@@H](c4cc(OC)c(OC)c(OC)c4)CC3=O)Nc3ncnn32)c(OC)c1. The molecular weight excluding hydrogens is 464 g/mol. The Morgan fingerprint density at radius 3 is 2.25 bits per heavy atom. The van der Waals surface area contributed by atoms with Gasteiger partial charge in [-0.3, -0.25) is 4.79 Å². The second-order valence-electron chi connectivity index (χ2n) is 8.54. The van der Waals surface area contributed by atoms with Crippen molar-refractivity contribution in [3.8, 4) is 28.7 Å². The number of methoxy groups -OCH3 is 5. The number of allylic oxidation sites excluding steroid dienone is 2. The van der Waals surface area contributed by atoms with Gasteiger partial charge in [0.2, 0.25) is 11.7 Å². The molecule has 2 aliphatic rings. The lowest BCUT2D eigenvalue weighted by molar-refractivity contribution is -0.116. The molecule has 10 heteroatoms. The molecule has 0 fully saturated rings. The van der Waals surface area contributed by atoms with Crippen LogP contribution in [0.5, 0.6) is 28.7 Å². The van der Waals surface area contributed by atoms with Crippen LogP contribution in [-0.2, 0) is 4.79 Å². The summed E-state index contributed by atoms with van der Waals surface area (Å²) in [6, 6.07) is 8.89. The van der Waals surface area contributed by atoms with Gasteiger partial charge in [-0.25, -0.2) is 4.68 Å². The number of hydrogen-bond donors (Lipinski definition) is 1. The minimum absolute atomic E-state index is 0.0199. The van der Waals surface area contributed by atoms with Crippen molar-refractivity contribution in [2.45, 2.75) is 24.8 Å². The van der Waals surface area contributed by atoms with Gasteiger partial charge < -0.3 is 29.0 Å². The van der Waals surface area contributed by atoms with E-state index >= 15 is 0 Å². The molecule has 3 aromatic rings. The normalized spacial score (nSPS) is 18.6. The van der Waals surface area contributed by atoms with Gasteiger partial charge >= 0.3 is 0 Å². The van der Waals surface area contributed by atoms with E-state index in [1.165, 1.54) is 6.33 Å². The molecule has 0 unspecified atom stereocenters. The summed E-state index contributed by atoms with van der Waals surface area (Å²) in [5.74, 6) is 3.38. The first-order valence-corrected chi connectivity index (χ1v) is 11.5. The van der Waals surface area contributed by atoms with Gasteiger partial charge in [-0.05, 0) is 42.2 Å². The molecule has 1 aliphatic carbocycles. The number of carbonyl (C=O) groups excluding carboxylic acids is 1. The fraction of sp³-hybridized carbons (Fsp3) is 0.346. The Morgan fingerprint density at radius 1 is 0.889 bits per heavy atom. The molecular formula is C26H28N4O6. The van der Waals surface area contributed by atoms with Crippen LogP contribution in [0.2, 0.25) is 0 Å². The van der Waals surface area contributed by atoms with Crippen molar-refractivity contribution >= 4 is 11.7 Å². The van der Waals surface area contributed by atoms with E-state index in [2.05, 4.69) is 15.4 Å². The van der Waals surface area contributed by atoms with Crippen molar-refractivity contribution in [1.82, 2.24) is 14.8 Å². The third kappa shape index (κ3) is 3.78. The summed E-state index contributed by atoms with van der Waals surface area (Å²) in [6.45, 7) is 0. The fourth-order valence-electron chi connectivity index (χ4n) is 5.06. The molecule has 1 N–H and O–H groups in total. The van der Waals surface area contributed by atoms with Crippen LogP contribution >= 0.6 is 0 Å². The smallest absolute Gasteiger partial charge is 0.226 e. The van der Waals surface area contributed by atoms with Crippen LogP contribution in [0.25, 0.3) is 0 Å². The molecule has 188 valence electrons. The number of carbonyl (C=O) groups is 1. The van der Waals surface area contributed by atoms with E-state index in [-0.39, 0.29) is 11.7 Å². The van der Waals surface area contributed by atoms with Gasteiger partial charge in [-0.1, -0.05) is 0 Å². The summed E-state index contributed by atoms with van der Waals surface area (Å²) in [5, 5.41) is 7.77. The van der Waals surface area contributed by atoms with E-state index < -0.39 is 6.04 Å². The van der Waals surface area contributed by atoms with E-state index in [9.17, 15) is 4.79 Å². The number of nitrogens with one attached hydrogen (secondary N) is 1. The number of hydrogen-bond acceptors (Lipinski definition) is 9. The molecule has 1 aromatic heterocycles. The summed E-state index contributed by atoms with van der Waals surface area (Å²) in [7, 11) is 7.92. The Morgan fingerprint density at radius 2 is 1.61 bits per heavy atom. The summed E-state index contributed by atoms with van der Waals surface area (Å²) >= 11 is 0. The largest absolute Gasteiger partial charge is 0.497 e. The highest BCUT2D eigenvalue weighted by atomic mass is 16.5. The standard InChI is InChI=1S/C26H28N4O6/c1-32-16-6-7-17(20(12-16)33-2)24-23-18(29-26-27-13-28-30(24)26)8-14(9-19(23)31)15-10-21(34-3)25(36-5)22(11-15)35-4/h6-7,10-14,24H,8-9H2,1-5H3,(H,27,28,29)/t14-,24+/m1/s1. The van der Waals surface area contributed by atoms with E-state index in [4.69, 9.17) is 23.7 Å². The lowest BCUT2D eigenvalue weighted by atomic mass is 9.77. The molecule has 0 radical (unpaired) electrons. The van der Waals surface area contributed by atoms with E-state index in [0.717, 1.165) is 16.8 Å². The van der Waals surface area contributed by atoms with Crippen LogP contribution < -0.4 is 29.0 Å². The molecule has 0 saturated carbocycles. The average molecular weight is 493 g/mol. The fourth-order valence-corrected chi connectivity index (χ4v) is 5.06. The molecule has 2 atom stereocenters. The number of fused-ring (bicyclic) bond motifs is 1. The number of rotatable bonds is 7. The van der Waals surface area contributed by atoms with Gasteiger partial charge in [0, 0.05) is 29.3 Å². The summed E-state index contributed by atoms with van der Waals surface area (Å²) < 4.78 is 29.3. The molecule has 36 heavy (non-hydrogen) atoms. The molecule has 10 nitrogen and oxygen atoms in total. The Bertz CT molecular complexity index is 1320. The van der Waals surface area contributed by atoms with Crippen molar-refractivity contribution in [3.05, 3.63) is 59.1 Å². The molecule has 5 rings (SSSR count). The summed E-state index contributed by atoms with van der Waals surface area (Å²) in [5.41, 5.74) is 3.20. The minimum atomic E-state index is -0.479. The van der Waals surface area contributed by atoms with Crippen LogP contribution in [-0.4, -0.2) is 56.1 Å². The highest BCUT2D eigenvalue weighted by molar-refractivity contribution is 6.00. The maximum atomic E-state index is 13.8. The molecule has 0 amide bonds. The maximum Gasteiger partial charge on any atom is 0.226 e. The minimum Gasteiger partial charge on any atom is -0.497 e. The average Bonchev–Trinajstić information content (AvgIpc) is 3.38. The monoisotopic (exact) mass is 492 g/mol. The predicted octanol–water partition coefficient (Wildman–Crippen LogP) is 3.74. The molecule has 0 saturated heterocycles. The van der Waals surface area contributed by atoms with Crippen LogP contribution in [0.1, 0.15) is 35.9 Å². The first-order valence-electron chi connectivity index (χ1n) is 11.5.